The van der Waals surface area contributed by atoms with Crippen LogP contribution in [0.15, 0.2) is 59.5 Å². The molecule has 0 bridgehead atoms. The zero-order valence-electron chi connectivity index (χ0n) is 12.8. The van der Waals surface area contributed by atoms with Crippen molar-refractivity contribution in [1.82, 2.24) is 4.57 Å². The Labute approximate surface area is 147 Å². The van der Waals surface area contributed by atoms with E-state index in [-0.39, 0.29) is 17.0 Å². The molecule has 25 heavy (non-hydrogen) atoms. The van der Waals surface area contributed by atoms with Gasteiger partial charge in [0, 0.05) is 5.69 Å². The van der Waals surface area contributed by atoms with Crippen molar-refractivity contribution in [3.8, 4) is 34.5 Å². The van der Waals surface area contributed by atoms with E-state index >= 15 is 0 Å². The molecule has 6 heteroatoms. The Morgan fingerprint density at radius 3 is 2.20 bits per heavy atom. The minimum absolute atomic E-state index is 0.0165. The van der Waals surface area contributed by atoms with Crippen molar-refractivity contribution in [3.05, 3.63) is 71.0 Å². The van der Waals surface area contributed by atoms with Crippen molar-refractivity contribution in [1.29, 1.82) is 15.8 Å². The standard InChI is InChI=1S/C19H9FN4S/c20-14-3-5-15(6-4-14)24-17(16(12-23)13(10-21)11-22)7-8-18(24)19-2-1-9-25-19/h1-9H. The summed E-state index contributed by atoms with van der Waals surface area (Å²) in [5, 5.41) is 29.7. The van der Waals surface area contributed by atoms with Crippen LogP contribution < -0.4 is 0 Å². The van der Waals surface area contributed by atoms with Crippen molar-refractivity contribution >= 4 is 16.9 Å². The molecule has 0 fully saturated rings. The highest BCUT2D eigenvalue weighted by atomic mass is 32.1. The van der Waals surface area contributed by atoms with Gasteiger partial charge in [-0.3, -0.25) is 0 Å². The van der Waals surface area contributed by atoms with E-state index in [1.54, 1.807) is 34.9 Å². The summed E-state index contributed by atoms with van der Waals surface area (Å²) in [5.41, 5.74) is 1.56. The lowest BCUT2D eigenvalue weighted by molar-refractivity contribution is 0.627. The molecule has 0 atom stereocenters. The molecule has 4 nitrogen and oxygen atoms in total. The average Bonchev–Trinajstić information content (AvgIpc) is 3.29. The zero-order chi connectivity index (χ0) is 17.8. The largest absolute Gasteiger partial charge is 0.308 e. The second-order valence-electron chi connectivity index (χ2n) is 4.98. The molecule has 118 valence electrons. The van der Waals surface area contributed by atoms with Gasteiger partial charge in [-0.05, 0) is 47.8 Å². The number of thiophene rings is 1. The molecule has 0 saturated heterocycles. The summed E-state index contributed by atoms with van der Waals surface area (Å²) in [5.74, 6) is -0.374. The van der Waals surface area contributed by atoms with Crippen LogP contribution in [0.25, 0.3) is 21.8 Å². The number of nitriles is 3. The molecule has 0 saturated carbocycles. The van der Waals surface area contributed by atoms with Gasteiger partial charge in [0.1, 0.15) is 35.2 Å². The van der Waals surface area contributed by atoms with E-state index in [0.29, 0.717) is 11.4 Å². The molecule has 0 radical (unpaired) electrons. The van der Waals surface area contributed by atoms with Gasteiger partial charge in [-0.2, -0.15) is 15.8 Å². The van der Waals surface area contributed by atoms with Crippen molar-refractivity contribution < 1.29 is 4.39 Å². The smallest absolute Gasteiger partial charge is 0.149 e. The summed E-state index contributed by atoms with van der Waals surface area (Å²) in [6, 6.07) is 18.6. The van der Waals surface area contributed by atoms with E-state index in [1.165, 1.54) is 23.5 Å². The lowest BCUT2D eigenvalue weighted by Gasteiger charge is -2.12. The van der Waals surface area contributed by atoms with E-state index in [0.717, 1.165) is 10.6 Å². The van der Waals surface area contributed by atoms with Crippen molar-refractivity contribution in [2.24, 2.45) is 0 Å². The Bertz CT molecular complexity index is 1050. The van der Waals surface area contributed by atoms with Gasteiger partial charge in [0.05, 0.1) is 16.3 Å². The molecule has 0 amide bonds. The molecular formula is C19H9FN4S. The van der Waals surface area contributed by atoms with Crippen molar-refractivity contribution in [2.75, 3.05) is 0 Å². The average molecular weight is 344 g/mol. The maximum Gasteiger partial charge on any atom is 0.149 e. The number of rotatable bonds is 3. The first-order valence-electron chi connectivity index (χ1n) is 7.16. The Hall–Kier alpha value is -3.66. The Kier molecular flexibility index (Phi) is 4.44. The lowest BCUT2D eigenvalue weighted by atomic mass is 10.1. The summed E-state index contributed by atoms with van der Waals surface area (Å²) >= 11 is 1.52. The second kappa shape index (κ2) is 6.84. The number of hydrogen-bond acceptors (Lipinski definition) is 4. The van der Waals surface area contributed by atoms with Crippen LogP contribution in [0.2, 0.25) is 0 Å². The van der Waals surface area contributed by atoms with E-state index in [2.05, 4.69) is 0 Å². The van der Waals surface area contributed by atoms with Gasteiger partial charge in [0.25, 0.3) is 0 Å². The predicted octanol–water partition coefficient (Wildman–Crippen LogP) is 4.67. The maximum atomic E-state index is 13.3. The highest BCUT2D eigenvalue weighted by molar-refractivity contribution is 7.13. The van der Waals surface area contributed by atoms with Gasteiger partial charge in [0.2, 0.25) is 0 Å². The van der Waals surface area contributed by atoms with Crippen LogP contribution in [0, 0.1) is 39.8 Å². The first-order valence-corrected chi connectivity index (χ1v) is 8.04. The fraction of sp³-hybridized carbons (Fsp3) is 0. The van der Waals surface area contributed by atoms with Crippen LogP contribution in [0.3, 0.4) is 0 Å². The highest BCUT2D eigenvalue weighted by Gasteiger charge is 2.19. The Morgan fingerprint density at radius 1 is 0.920 bits per heavy atom. The van der Waals surface area contributed by atoms with Crippen LogP contribution >= 0.6 is 11.3 Å². The Balaban J connectivity index is 2.34. The number of nitrogens with zero attached hydrogens (tertiary/aromatic N) is 4. The molecule has 0 aliphatic carbocycles. The summed E-state index contributed by atoms with van der Waals surface area (Å²) in [7, 11) is 0. The molecule has 1 aromatic carbocycles. The molecule has 3 rings (SSSR count). The normalized spacial score (nSPS) is 9.68. The minimum Gasteiger partial charge on any atom is -0.308 e. The fourth-order valence-corrected chi connectivity index (χ4v) is 3.24. The summed E-state index contributed by atoms with van der Waals surface area (Å²) in [6.45, 7) is 0. The highest BCUT2D eigenvalue weighted by Crippen LogP contribution is 2.33. The number of halogens is 1. The molecule has 3 aromatic rings. The molecule has 2 heterocycles. The second-order valence-corrected chi connectivity index (χ2v) is 5.93. The first-order chi connectivity index (χ1) is 12.2. The molecule has 0 N–H and O–H groups in total. The van der Waals surface area contributed by atoms with Gasteiger partial charge in [-0.1, -0.05) is 6.07 Å². The van der Waals surface area contributed by atoms with Crippen LogP contribution in [0.4, 0.5) is 4.39 Å². The van der Waals surface area contributed by atoms with Gasteiger partial charge >= 0.3 is 0 Å². The number of allylic oxidation sites excluding steroid dienone is 2. The van der Waals surface area contributed by atoms with E-state index in [1.807, 2.05) is 29.6 Å². The van der Waals surface area contributed by atoms with Crippen LogP contribution in [0.1, 0.15) is 5.69 Å². The SMILES string of the molecule is N#CC(C#N)=C(C#N)c1ccc(-c2cccs2)n1-c1ccc(F)cc1. The zero-order valence-corrected chi connectivity index (χ0v) is 13.6. The van der Waals surface area contributed by atoms with Crippen LogP contribution in [-0.2, 0) is 0 Å². The van der Waals surface area contributed by atoms with E-state index < -0.39 is 0 Å². The third-order valence-corrected chi connectivity index (χ3v) is 4.47. The van der Waals surface area contributed by atoms with Crippen molar-refractivity contribution in [3.63, 3.8) is 0 Å². The van der Waals surface area contributed by atoms with Gasteiger partial charge in [-0.15, -0.1) is 11.3 Å². The van der Waals surface area contributed by atoms with E-state index in [9.17, 15) is 9.65 Å². The van der Waals surface area contributed by atoms with Gasteiger partial charge in [-0.25, -0.2) is 4.39 Å². The third-order valence-electron chi connectivity index (χ3n) is 3.58. The van der Waals surface area contributed by atoms with Gasteiger partial charge in [0.15, 0.2) is 0 Å². The quantitative estimate of drug-likeness (QED) is 0.648. The maximum absolute atomic E-state index is 13.3. The predicted molar refractivity (Wildman–Crippen MR) is 92.8 cm³/mol. The molecule has 0 aliphatic rings. The topological polar surface area (TPSA) is 76.3 Å². The first kappa shape index (κ1) is 16.2. The summed E-state index contributed by atoms with van der Waals surface area (Å²) < 4.78 is 15.1. The fourth-order valence-electron chi connectivity index (χ4n) is 2.49. The van der Waals surface area contributed by atoms with Crippen LogP contribution in [-0.4, -0.2) is 4.57 Å². The van der Waals surface area contributed by atoms with Crippen LogP contribution in [0.5, 0.6) is 0 Å². The monoisotopic (exact) mass is 344 g/mol. The van der Waals surface area contributed by atoms with E-state index in [4.69, 9.17) is 10.5 Å². The number of hydrogen-bond donors (Lipinski definition) is 0. The summed E-state index contributed by atoms with van der Waals surface area (Å²) in [4.78, 5) is 0.948. The molecule has 0 aliphatic heterocycles. The van der Waals surface area contributed by atoms with Gasteiger partial charge < -0.3 is 4.57 Å². The lowest BCUT2D eigenvalue weighted by Crippen LogP contribution is -2.02. The Morgan fingerprint density at radius 2 is 1.64 bits per heavy atom. The molecule has 0 unspecified atom stereocenters. The number of aromatic nitrogens is 1. The molecule has 2 aromatic heterocycles. The number of benzene rings is 1. The van der Waals surface area contributed by atoms with Crippen molar-refractivity contribution in [2.45, 2.75) is 0 Å². The molecular weight excluding hydrogens is 335 g/mol. The summed E-state index contributed by atoms with van der Waals surface area (Å²) in [6.07, 6.45) is 0. The molecule has 0 spiro atoms. The minimum atomic E-state index is -0.374. The third kappa shape index (κ3) is 2.93.